The van der Waals surface area contributed by atoms with Gasteiger partial charge in [0, 0.05) is 25.2 Å². The molecule has 0 heterocycles. The first-order valence-electron chi connectivity index (χ1n) is 10.6. The minimum atomic E-state index is -0.232. The van der Waals surface area contributed by atoms with Crippen molar-refractivity contribution in [1.29, 1.82) is 0 Å². The molecule has 7 atom stereocenters. The zero-order chi connectivity index (χ0) is 19.6. The van der Waals surface area contributed by atoms with Crippen LogP contribution in [0.15, 0.2) is 11.6 Å². The second-order valence-corrected chi connectivity index (χ2v) is 9.99. The summed E-state index contributed by atoms with van der Waals surface area (Å²) in [6, 6.07) is 0. The predicted octanol–water partition coefficient (Wildman–Crippen LogP) is 4.27. The summed E-state index contributed by atoms with van der Waals surface area (Å²) in [5, 5.41) is 0. The van der Waals surface area contributed by atoms with Crippen LogP contribution in [-0.4, -0.2) is 23.6 Å². The highest BCUT2D eigenvalue weighted by Crippen LogP contribution is 2.67. The fourth-order valence-electron chi connectivity index (χ4n) is 7.64. The molecular weight excluding hydrogens is 340 g/mol. The normalized spacial score (nSPS) is 46.0. The Labute approximate surface area is 162 Å². The third kappa shape index (κ3) is 2.74. The largest absolute Gasteiger partial charge is 0.462 e. The van der Waals surface area contributed by atoms with Crippen molar-refractivity contribution in [2.75, 3.05) is 0 Å². The van der Waals surface area contributed by atoms with E-state index in [0.717, 1.165) is 38.5 Å². The molecule has 4 aliphatic carbocycles. The molecule has 0 N–H and O–H groups in total. The summed E-state index contributed by atoms with van der Waals surface area (Å²) in [5.41, 5.74) is 1.13. The summed E-state index contributed by atoms with van der Waals surface area (Å²) < 4.78 is 5.94. The highest BCUT2D eigenvalue weighted by atomic mass is 16.5. The number of carbonyl (C=O) groups excluding carboxylic acids is 3. The molecule has 0 radical (unpaired) electrons. The van der Waals surface area contributed by atoms with Crippen LogP contribution in [0.5, 0.6) is 0 Å². The van der Waals surface area contributed by atoms with Gasteiger partial charge in [0.25, 0.3) is 0 Å². The summed E-state index contributed by atoms with van der Waals surface area (Å²) in [7, 11) is 0. The van der Waals surface area contributed by atoms with Gasteiger partial charge in [0.15, 0.2) is 5.78 Å². The van der Waals surface area contributed by atoms with Gasteiger partial charge in [-0.2, -0.15) is 0 Å². The Kier molecular flexibility index (Phi) is 4.40. The molecule has 0 aromatic carbocycles. The molecule has 3 fully saturated rings. The maximum atomic E-state index is 12.4. The van der Waals surface area contributed by atoms with E-state index in [9.17, 15) is 14.4 Å². The molecule has 148 valence electrons. The van der Waals surface area contributed by atoms with Gasteiger partial charge in [0.2, 0.25) is 0 Å². The lowest BCUT2D eigenvalue weighted by Gasteiger charge is -2.60. The minimum Gasteiger partial charge on any atom is -0.462 e. The van der Waals surface area contributed by atoms with Crippen LogP contribution in [0.4, 0.5) is 0 Å². The lowest BCUT2D eigenvalue weighted by atomic mass is 9.46. The molecule has 0 aromatic rings. The molecule has 4 heteroatoms. The van der Waals surface area contributed by atoms with Crippen LogP contribution in [0.2, 0.25) is 0 Å². The monoisotopic (exact) mass is 372 g/mol. The Morgan fingerprint density at radius 1 is 1.11 bits per heavy atom. The van der Waals surface area contributed by atoms with E-state index in [-0.39, 0.29) is 46.3 Å². The number of hydrogen-bond donors (Lipinski definition) is 0. The molecule has 0 amide bonds. The Morgan fingerprint density at radius 2 is 1.85 bits per heavy atom. The number of rotatable bonds is 2. The molecule has 0 saturated heterocycles. The summed E-state index contributed by atoms with van der Waals surface area (Å²) in [6.45, 7) is 7.77. The van der Waals surface area contributed by atoms with Crippen molar-refractivity contribution in [2.24, 2.45) is 34.5 Å². The van der Waals surface area contributed by atoms with Gasteiger partial charge in [0.1, 0.15) is 11.9 Å². The number of Topliss-reactive ketones (excluding diaryl/α,β-unsaturated/α-hetero) is 1. The van der Waals surface area contributed by atoms with Gasteiger partial charge in [-0.15, -0.1) is 0 Å². The lowest BCUT2D eigenvalue weighted by molar-refractivity contribution is -0.176. The number of hydrogen-bond acceptors (Lipinski definition) is 4. The van der Waals surface area contributed by atoms with Crippen LogP contribution >= 0.6 is 0 Å². The molecule has 0 aliphatic heterocycles. The van der Waals surface area contributed by atoms with Crippen molar-refractivity contribution in [3.63, 3.8) is 0 Å². The Balaban J connectivity index is 1.77. The van der Waals surface area contributed by atoms with Crippen LogP contribution in [0.1, 0.15) is 72.6 Å². The molecule has 3 saturated carbocycles. The number of fused-ring (bicyclic) bond motifs is 5. The number of carbonyl (C=O) groups is 3. The van der Waals surface area contributed by atoms with Crippen molar-refractivity contribution >= 4 is 17.5 Å². The van der Waals surface area contributed by atoms with Crippen molar-refractivity contribution in [3.8, 4) is 0 Å². The van der Waals surface area contributed by atoms with Crippen LogP contribution < -0.4 is 0 Å². The lowest BCUT2D eigenvalue weighted by Crippen LogP contribution is -2.57. The molecule has 0 bridgehead atoms. The topological polar surface area (TPSA) is 60.4 Å². The van der Waals surface area contributed by atoms with E-state index >= 15 is 0 Å². The third-order valence-corrected chi connectivity index (χ3v) is 8.68. The van der Waals surface area contributed by atoms with Crippen LogP contribution in [0.25, 0.3) is 0 Å². The van der Waals surface area contributed by atoms with Gasteiger partial charge in [-0.25, -0.2) is 0 Å². The van der Waals surface area contributed by atoms with Crippen LogP contribution in [0.3, 0.4) is 0 Å². The predicted molar refractivity (Wildman–Crippen MR) is 102 cm³/mol. The first-order chi connectivity index (χ1) is 12.7. The first-order valence-corrected chi connectivity index (χ1v) is 10.6. The molecule has 4 aliphatic rings. The molecule has 0 spiro atoms. The zero-order valence-electron chi connectivity index (χ0n) is 17.0. The standard InChI is InChI=1S/C23H32O4/c1-13(24)18-7-8-19-17-6-5-15-11-16(26)9-10-22(15,3)21(17)20(27-14(2)25)12-23(18,19)4/h11,17-21H,5-10,12H2,1-4H3/t17-,18+,19-,20-,21-,22+,23+/m0/s1. The molecule has 4 rings (SSSR count). The maximum absolute atomic E-state index is 12.4. The van der Waals surface area contributed by atoms with Crippen molar-refractivity contribution < 1.29 is 19.1 Å². The molecular formula is C23H32O4. The van der Waals surface area contributed by atoms with Gasteiger partial charge in [-0.1, -0.05) is 19.4 Å². The van der Waals surface area contributed by atoms with Crippen LogP contribution in [-0.2, 0) is 19.1 Å². The summed E-state index contributed by atoms with van der Waals surface area (Å²) in [5.74, 6) is 1.61. The Morgan fingerprint density at radius 3 is 2.52 bits per heavy atom. The van der Waals surface area contributed by atoms with Crippen LogP contribution in [0, 0.1) is 34.5 Å². The summed E-state index contributed by atoms with van der Waals surface area (Å²) in [6.07, 6.45) is 8.02. The highest BCUT2D eigenvalue weighted by Gasteiger charge is 2.63. The second kappa shape index (κ2) is 6.28. The smallest absolute Gasteiger partial charge is 0.302 e. The number of allylic oxidation sites excluding steroid dienone is 1. The average Bonchev–Trinajstić information content (AvgIpc) is 2.91. The van der Waals surface area contributed by atoms with E-state index < -0.39 is 0 Å². The van der Waals surface area contributed by atoms with Gasteiger partial charge >= 0.3 is 5.97 Å². The van der Waals surface area contributed by atoms with E-state index in [2.05, 4.69) is 13.8 Å². The van der Waals surface area contributed by atoms with E-state index in [1.165, 1.54) is 12.5 Å². The van der Waals surface area contributed by atoms with Gasteiger partial charge in [-0.05, 0) is 74.2 Å². The highest BCUT2D eigenvalue weighted by molar-refractivity contribution is 5.91. The minimum absolute atomic E-state index is 0.0629. The van der Waals surface area contributed by atoms with Crippen molar-refractivity contribution in [3.05, 3.63) is 11.6 Å². The molecule has 4 nitrogen and oxygen atoms in total. The maximum Gasteiger partial charge on any atom is 0.302 e. The van der Waals surface area contributed by atoms with E-state index in [1.807, 2.05) is 6.08 Å². The van der Waals surface area contributed by atoms with Crippen molar-refractivity contribution in [2.45, 2.75) is 78.7 Å². The number of ether oxygens (including phenoxy) is 1. The molecule has 0 unspecified atom stereocenters. The van der Waals surface area contributed by atoms with Gasteiger partial charge in [-0.3, -0.25) is 14.4 Å². The summed E-state index contributed by atoms with van der Waals surface area (Å²) in [4.78, 5) is 36.4. The van der Waals surface area contributed by atoms with E-state index in [4.69, 9.17) is 4.74 Å². The third-order valence-electron chi connectivity index (χ3n) is 8.68. The Bertz CT molecular complexity index is 722. The fraction of sp³-hybridized carbons (Fsp3) is 0.783. The van der Waals surface area contributed by atoms with Crippen molar-refractivity contribution in [1.82, 2.24) is 0 Å². The van der Waals surface area contributed by atoms with E-state index in [1.54, 1.807) is 6.92 Å². The SMILES string of the molecule is CC(=O)O[C@H]1C[C@]2(C)[C@@H](C(C)=O)CC[C@H]2[C@@H]2CCC3=CC(=O)CC[C@@]3(C)[C@@H]21. The Hall–Kier alpha value is -1.45. The molecule has 27 heavy (non-hydrogen) atoms. The van der Waals surface area contributed by atoms with E-state index in [0.29, 0.717) is 18.3 Å². The summed E-state index contributed by atoms with van der Waals surface area (Å²) >= 11 is 0. The van der Waals surface area contributed by atoms with Gasteiger partial charge in [0.05, 0.1) is 0 Å². The first kappa shape index (κ1) is 18.9. The molecule has 0 aromatic heterocycles. The fourth-order valence-corrected chi connectivity index (χ4v) is 7.64. The average molecular weight is 373 g/mol. The zero-order valence-corrected chi connectivity index (χ0v) is 17.0. The number of esters is 1. The second-order valence-electron chi connectivity index (χ2n) is 9.99. The van der Waals surface area contributed by atoms with Gasteiger partial charge < -0.3 is 4.74 Å². The number of ketones is 2. The quantitative estimate of drug-likeness (QED) is 0.679.